The van der Waals surface area contributed by atoms with Crippen molar-refractivity contribution < 1.29 is 9.53 Å². The van der Waals surface area contributed by atoms with Crippen LogP contribution in [0.1, 0.15) is 32.1 Å². The summed E-state index contributed by atoms with van der Waals surface area (Å²) < 4.78 is 6.55. The Hall–Kier alpha value is -1.03. The highest BCUT2D eigenvalue weighted by molar-refractivity contribution is 9.10. The molecule has 0 N–H and O–H groups in total. The summed E-state index contributed by atoms with van der Waals surface area (Å²) >= 11 is 3.53. The molecular formula is C15H18BrNO2. The number of carbonyl (C=O) groups is 1. The van der Waals surface area contributed by atoms with Crippen LogP contribution in [-0.4, -0.2) is 25.0 Å². The van der Waals surface area contributed by atoms with Crippen molar-refractivity contribution in [1.29, 1.82) is 0 Å². The minimum Gasteiger partial charge on any atom is -0.495 e. The topological polar surface area (TPSA) is 29.5 Å². The summed E-state index contributed by atoms with van der Waals surface area (Å²) in [5.41, 5.74) is 1.12. The number of ether oxygens (including phenoxy) is 1. The molecule has 0 amide bonds. The number of carbonyl (C=O) groups excluding carboxylic acids is 1. The molecule has 2 atom stereocenters. The third-order valence-electron chi connectivity index (χ3n) is 4.21. The number of methoxy groups -OCH3 is 1. The fraction of sp³-hybridized carbons (Fsp3) is 0.533. The number of anilines is 1. The molecule has 0 saturated carbocycles. The molecule has 102 valence electrons. The van der Waals surface area contributed by atoms with Crippen LogP contribution in [0.25, 0.3) is 0 Å². The van der Waals surface area contributed by atoms with Crippen LogP contribution >= 0.6 is 15.9 Å². The van der Waals surface area contributed by atoms with Crippen LogP contribution in [0.4, 0.5) is 5.69 Å². The lowest BCUT2D eigenvalue weighted by Crippen LogP contribution is -2.52. The fourth-order valence-electron chi connectivity index (χ4n) is 3.43. The molecule has 4 heteroatoms. The summed E-state index contributed by atoms with van der Waals surface area (Å²) in [7, 11) is 1.71. The number of rotatable bonds is 2. The number of halogens is 1. The second kappa shape index (κ2) is 5.16. The van der Waals surface area contributed by atoms with E-state index in [1.165, 1.54) is 6.42 Å². The second-order valence-electron chi connectivity index (χ2n) is 5.41. The number of ketones is 1. The van der Waals surface area contributed by atoms with Crippen molar-refractivity contribution in [1.82, 2.24) is 0 Å². The zero-order valence-corrected chi connectivity index (χ0v) is 12.6. The standard InChI is InChI=1S/C15H18BrNO2/c1-19-15-6-5-10(16)7-14(15)17-11-3-2-4-12(17)9-13(18)8-11/h5-7,11-12H,2-4,8-9H2,1H3. The van der Waals surface area contributed by atoms with Gasteiger partial charge >= 0.3 is 0 Å². The largest absolute Gasteiger partial charge is 0.495 e. The zero-order valence-electron chi connectivity index (χ0n) is 11.1. The number of nitrogens with zero attached hydrogens (tertiary/aromatic N) is 1. The molecule has 0 aromatic heterocycles. The van der Waals surface area contributed by atoms with E-state index in [4.69, 9.17) is 4.74 Å². The molecule has 3 nitrogen and oxygen atoms in total. The van der Waals surface area contributed by atoms with Gasteiger partial charge in [-0.1, -0.05) is 15.9 Å². The third kappa shape index (κ3) is 2.38. The van der Waals surface area contributed by atoms with Gasteiger partial charge in [0, 0.05) is 29.4 Å². The minimum absolute atomic E-state index is 0.350. The van der Waals surface area contributed by atoms with E-state index in [1.807, 2.05) is 12.1 Å². The van der Waals surface area contributed by atoms with Crippen LogP contribution in [0, 0.1) is 0 Å². The number of hydrogen-bond acceptors (Lipinski definition) is 3. The van der Waals surface area contributed by atoms with Crippen molar-refractivity contribution in [2.24, 2.45) is 0 Å². The quantitative estimate of drug-likeness (QED) is 0.833. The first kappa shape index (κ1) is 13.0. The maximum absolute atomic E-state index is 11.8. The molecule has 0 aliphatic carbocycles. The van der Waals surface area contributed by atoms with Gasteiger partial charge in [0.05, 0.1) is 12.8 Å². The van der Waals surface area contributed by atoms with Crippen molar-refractivity contribution in [3.63, 3.8) is 0 Å². The van der Waals surface area contributed by atoms with Gasteiger partial charge in [0.25, 0.3) is 0 Å². The Morgan fingerprint density at radius 3 is 2.58 bits per heavy atom. The zero-order chi connectivity index (χ0) is 13.4. The van der Waals surface area contributed by atoms with Crippen molar-refractivity contribution in [3.8, 4) is 5.75 Å². The normalized spacial score (nSPS) is 26.4. The SMILES string of the molecule is COc1ccc(Br)cc1N1C2CCCC1CC(=O)C2. The molecule has 0 radical (unpaired) electrons. The number of fused-ring (bicyclic) bond motifs is 2. The van der Waals surface area contributed by atoms with Gasteiger partial charge in [-0.25, -0.2) is 0 Å². The Labute approximate surface area is 122 Å². The number of piperidine rings is 2. The molecule has 1 aromatic rings. The Morgan fingerprint density at radius 1 is 1.26 bits per heavy atom. The smallest absolute Gasteiger partial charge is 0.142 e. The molecule has 2 aliphatic heterocycles. The van der Waals surface area contributed by atoms with E-state index >= 15 is 0 Å². The van der Waals surface area contributed by atoms with E-state index in [0.29, 0.717) is 30.7 Å². The van der Waals surface area contributed by atoms with E-state index in [9.17, 15) is 4.79 Å². The summed E-state index contributed by atoms with van der Waals surface area (Å²) in [6.07, 6.45) is 4.82. The molecule has 0 spiro atoms. The molecular weight excluding hydrogens is 306 g/mol. The van der Waals surface area contributed by atoms with Crippen molar-refractivity contribution in [3.05, 3.63) is 22.7 Å². The molecule has 1 aromatic carbocycles. The van der Waals surface area contributed by atoms with E-state index in [1.54, 1.807) is 7.11 Å². The molecule has 2 saturated heterocycles. The summed E-state index contributed by atoms with van der Waals surface area (Å²) in [5.74, 6) is 1.31. The first-order chi connectivity index (χ1) is 9.19. The summed E-state index contributed by atoms with van der Waals surface area (Å²) in [6.45, 7) is 0. The van der Waals surface area contributed by atoms with Gasteiger partial charge in [0.1, 0.15) is 11.5 Å². The van der Waals surface area contributed by atoms with E-state index < -0.39 is 0 Å². The second-order valence-corrected chi connectivity index (χ2v) is 6.32. The van der Waals surface area contributed by atoms with Gasteiger partial charge in [0.2, 0.25) is 0 Å². The van der Waals surface area contributed by atoms with Crippen LogP contribution in [0.3, 0.4) is 0 Å². The average Bonchev–Trinajstić information content (AvgIpc) is 2.37. The molecule has 19 heavy (non-hydrogen) atoms. The first-order valence-corrected chi connectivity index (χ1v) is 7.62. The lowest BCUT2D eigenvalue weighted by molar-refractivity contribution is -0.121. The van der Waals surface area contributed by atoms with Crippen LogP contribution in [0.5, 0.6) is 5.75 Å². The molecule has 2 aliphatic rings. The summed E-state index contributed by atoms with van der Waals surface area (Å²) in [4.78, 5) is 14.2. The molecule has 2 bridgehead atoms. The maximum Gasteiger partial charge on any atom is 0.142 e. The average molecular weight is 324 g/mol. The lowest BCUT2D eigenvalue weighted by Gasteiger charge is -2.47. The first-order valence-electron chi connectivity index (χ1n) is 6.82. The molecule has 2 unspecified atom stereocenters. The van der Waals surface area contributed by atoms with Gasteiger partial charge in [-0.05, 0) is 37.5 Å². The van der Waals surface area contributed by atoms with E-state index in [2.05, 4.69) is 26.9 Å². The molecule has 2 fully saturated rings. The Kier molecular flexibility index (Phi) is 3.52. The molecule has 3 rings (SSSR count). The maximum atomic E-state index is 11.8. The highest BCUT2D eigenvalue weighted by Crippen LogP contribution is 2.41. The van der Waals surface area contributed by atoms with Crippen molar-refractivity contribution in [2.45, 2.75) is 44.2 Å². The van der Waals surface area contributed by atoms with E-state index in [-0.39, 0.29) is 0 Å². The highest BCUT2D eigenvalue weighted by Gasteiger charge is 2.38. The predicted molar refractivity (Wildman–Crippen MR) is 78.8 cm³/mol. The number of benzene rings is 1. The van der Waals surface area contributed by atoms with Gasteiger partial charge < -0.3 is 9.64 Å². The van der Waals surface area contributed by atoms with Crippen LogP contribution in [0.15, 0.2) is 22.7 Å². The van der Waals surface area contributed by atoms with Gasteiger partial charge in [-0.3, -0.25) is 4.79 Å². The summed E-state index contributed by atoms with van der Waals surface area (Å²) in [5, 5.41) is 0. The Bertz CT molecular complexity index is 487. The number of hydrogen-bond donors (Lipinski definition) is 0. The third-order valence-corrected chi connectivity index (χ3v) is 4.70. The predicted octanol–water partition coefficient (Wildman–Crippen LogP) is 3.55. The Balaban J connectivity index is 2.01. The van der Waals surface area contributed by atoms with E-state index in [0.717, 1.165) is 28.8 Å². The van der Waals surface area contributed by atoms with Gasteiger partial charge in [-0.2, -0.15) is 0 Å². The van der Waals surface area contributed by atoms with Crippen molar-refractivity contribution in [2.75, 3.05) is 12.0 Å². The van der Waals surface area contributed by atoms with Crippen LogP contribution in [0.2, 0.25) is 0 Å². The fourth-order valence-corrected chi connectivity index (χ4v) is 3.78. The van der Waals surface area contributed by atoms with Gasteiger partial charge in [-0.15, -0.1) is 0 Å². The summed E-state index contributed by atoms with van der Waals surface area (Å²) in [6, 6.07) is 6.80. The van der Waals surface area contributed by atoms with Crippen LogP contribution < -0.4 is 9.64 Å². The lowest BCUT2D eigenvalue weighted by atomic mass is 9.83. The highest BCUT2D eigenvalue weighted by atomic mass is 79.9. The Morgan fingerprint density at radius 2 is 1.95 bits per heavy atom. The monoisotopic (exact) mass is 323 g/mol. The van der Waals surface area contributed by atoms with Gasteiger partial charge in [0.15, 0.2) is 0 Å². The molecule has 2 heterocycles. The van der Waals surface area contributed by atoms with Crippen molar-refractivity contribution >= 4 is 27.4 Å². The van der Waals surface area contributed by atoms with Crippen LogP contribution in [-0.2, 0) is 4.79 Å². The number of Topliss-reactive ketones (excluding diaryl/α,β-unsaturated/α-hetero) is 1. The minimum atomic E-state index is 0.350.